The normalized spacial score (nSPS) is 11.1. The number of fused-ring (bicyclic) bond motifs is 2. The molecule has 0 amide bonds. The lowest BCUT2D eigenvalue weighted by atomic mass is 10.1. The predicted molar refractivity (Wildman–Crippen MR) is 88.0 cm³/mol. The zero-order chi connectivity index (χ0) is 14.9. The first-order chi connectivity index (χ1) is 10.8. The third kappa shape index (κ3) is 2.22. The summed E-state index contributed by atoms with van der Waals surface area (Å²) in [5.41, 5.74) is 4.59. The van der Waals surface area contributed by atoms with Crippen LogP contribution in [0.4, 0.5) is 5.69 Å². The molecule has 0 aliphatic carbocycles. The molecule has 0 spiro atoms. The molecule has 5 heteroatoms. The van der Waals surface area contributed by atoms with Crippen molar-refractivity contribution >= 4 is 27.6 Å². The van der Waals surface area contributed by atoms with E-state index in [-0.39, 0.29) is 5.69 Å². The molecule has 0 fully saturated rings. The van der Waals surface area contributed by atoms with E-state index < -0.39 is 0 Å². The van der Waals surface area contributed by atoms with Crippen molar-refractivity contribution in [2.24, 2.45) is 0 Å². The van der Waals surface area contributed by atoms with Crippen molar-refractivity contribution in [2.75, 3.05) is 5.32 Å². The second-order valence-corrected chi connectivity index (χ2v) is 5.19. The maximum absolute atomic E-state index is 11.3. The van der Waals surface area contributed by atoms with Crippen LogP contribution in [0.15, 0.2) is 59.5 Å². The molecule has 2 heterocycles. The minimum atomic E-state index is -0.180. The summed E-state index contributed by atoms with van der Waals surface area (Å²) in [6, 6.07) is 15.9. The number of hydrogen-bond donors (Lipinski definition) is 3. The fourth-order valence-electron chi connectivity index (χ4n) is 2.64. The van der Waals surface area contributed by atoms with Crippen molar-refractivity contribution in [3.63, 3.8) is 0 Å². The highest BCUT2D eigenvalue weighted by atomic mass is 16.1. The van der Waals surface area contributed by atoms with Gasteiger partial charge in [-0.2, -0.15) is 0 Å². The minimum Gasteiger partial charge on any atom is -0.380 e. The van der Waals surface area contributed by atoms with Crippen LogP contribution in [0.1, 0.15) is 5.56 Å². The molecule has 0 saturated carbocycles. The maximum Gasteiger partial charge on any atom is 0.323 e. The molecular weight excluding hydrogens is 276 g/mol. The van der Waals surface area contributed by atoms with Crippen LogP contribution in [-0.2, 0) is 6.54 Å². The number of imidazole rings is 1. The number of para-hydroxylation sites is 1. The molecule has 4 aromatic rings. The van der Waals surface area contributed by atoms with Gasteiger partial charge < -0.3 is 15.3 Å². The van der Waals surface area contributed by atoms with Gasteiger partial charge in [-0.1, -0.05) is 24.3 Å². The molecule has 3 N–H and O–H groups in total. The summed E-state index contributed by atoms with van der Waals surface area (Å²) in [6.45, 7) is 0.678. The molecule has 0 bridgehead atoms. The van der Waals surface area contributed by atoms with E-state index in [9.17, 15) is 4.79 Å². The molecule has 0 saturated heterocycles. The van der Waals surface area contributed by atoms with Gasteiger partial charge in [-0.05, 0) is 29.8 Å². The molecule has 0 unspecified atom stereocenters. The standard InChI is InChI=1S/C17H14N4O/c22-17-20-15-6-5-11(9-16(15)21-17)10-19-14-7-8-18-13-4-2-1-3-12(13)14/h1-9H,10H2,(H,18,19)(H2,20,21,22). The van der Waals surface area contributed by atoms with Crippen LogP contribution in [0, 0.1) is 0 Å². The van der Waals surface area contributed by atoms with Crippen molar-refractivity contribution < 1.29 is 0 Å². The summed E-state index contributed by atoms with van der Waals surface area (Å²) in [4.78, 5) is 21.2. The van der Waals surface area contributed by atoms with E-state index in [0.29, 0.717) is 6.54 Å². The summed E-state index contributed by atoms with van der Waals surface area (Å²) in [6.07, 6.45) is 1.80. The molecule has 0 aliphatic rings. The third-order valence-corrected chi connectivity index (χ3v) is 3.71. The van der Waals surface area contributed by atoms with Crippen LogP contribution < -0.4 is 11.0 Å². The van der Waals surface area contributed by atoms with Crippen molar-refractivity contribution in [1.82, 2.24) is 15.0 Å². The second kappa shape index (κ2) is 5.04. The van der Waals surface area contributed by atoms with E-state index in [0.717, 1.165) is 33.2 Å². The number of anilines is 1. The smallest absolute Gasteiger partial charge is 0.323 e. The monoisotopic (exact) mass is 290 g/mol. The van der Waals surface area contributed by atoms with E-state index in [4.69, 9.17) is 0 Å². The number of nitrogens with zero attached hydrogens (tertiary/aromatic N) is 1. The van der Waals surface area contributed by atoms with Gasteiger partial charge in [-0.15, -0.1) is 0 Å². The van der Waals surface area contributed by atoms with Crippen LogP contribution in [-0.4, -0.2) is 15.0 Å². The van der Waals surface area contributed by atoms with Crippen LogP contribution in [0.2, 0.25) is 0 Å². The van der Waals surface area contributed by atoms with Crippen LogP contribution in [0.3, 0.4) is 0 Å². The minimum absolute atomic E-state index is 0.180. The van der Waals surface area contributed by atoms with E-state index in [1.807, 2.05) is 42.5 Å². The first-order valence-corrected chi connectivity index (χ1v) is 7.08. The highest BCUT2D eigenvalue weighted by Crippen LogP contribution is 2.21. The highest BCUT2D eigenvalue weighted by molar-refractivity contribution is 5.90. The maximum atomic E-state index is 11.3. The molecule has 22 heavy (non-hydrogen) atoms. The number of benzene rings is 2. The van der Waals surface area contributed by atoms with Gasteiger partial charge in [0.15, 0.2) is 0 Å². The number of rotatable bonds is 3. The van der Waals surface area contributed by atoms with Gasteiger partial charge in [0.05, 0.1) is 16.6 Å². The average Bonchev–Trinajstić information content (AvgIpc) is 2.92. The van der Waals surface area contributed by atoms with E-state index >= 15 is 0 Å². The molecule has 2 aromatic heterocycles. The SMILES string of the molecule is O=c1[nH]c2ccc(CNc3ccnc4ccccc34)cc2[nH]1. The molecule has 0 radical (unpaired) electrons. The summed E-state index contributed by atoms with van der Waals surface area (Å²) in [5, 5.41) is 4.53. The average molecular weight is 290 g/mol. The first kappa shape index (κ1) is 12.6. The van der Waals surface area contributed by atoms with Gasteiger partial charge in [0, 0.05) is 23.8 Å². The number of hydrogen-bond acceptors (Lipinski definition) is 3. The Hall–Kier alpha value is -3.08. The molecule has 4 rings (SSSR count). The number of aromatic nitrogens is 3. The lowest BCUT2D eigenvalue weighted by Gasteiger charge is -2.09. The Labute approximate surface area is 126 Å². The summed E-state index contributed by atoms with van der Waals surface area (Å²) in [5.74, 6) is 0. The Balaban J connectivity index is 1.63. The Morgan fingerprint density at radius 3 is 2.82 bits per heavy atom. The highest BCUT2D eigenvalue weighted by Gasteiger charge is 2.03. The van der Waals surface area contributed by atoms with Crippen molar-refractivity contribution in [2.45, 2.75) is 6.54 Å². The van der Waals surface area contributed by atoms with Crippen LogP contribution in [0.25, 0.3) is 21.9 Å². The molecule has 0 atom stereocenters. The van der Waals surface area contributed by atoms with Crippen LogP contribution >= 0.6 is 0 Å². The zero-order valence-corrected chi connectivity index (χ0v) is 11.8. The second-order valence-electron chi connectivity index (χ2n) is 5.19. The van der Waals surface area contributed by atoms with E-state index in [2.05, 4.69) is 26.3 Å². The van der Waals surface area contributed by atoms with Gasteiger partial charge in [-0.25, -0.2) is 4.79 Å². The Kier molecular flexibility index (Phi) is 2.89. The molecule has 5 nitrogen and oxygen atoms in total. The summed E-state index contributed by atoms with van der Waals surface area (Å²) in [7, 11) is 0. The predicted octanol–water partition coefficient (Wildman–Crippen LogP) is 3.02. The fourth-order valence-corrected chi connectivity index (χ4v) is 2.64. The van der Waals surface area contributed by atoms with E-state index in [1.165, 1.54) is 0 Å². The van der Waals surface area contributed by atoms with E-state index in [1.54, 1.807) is 6.20 Å². The molecule has 108 valence electrons. The van der Waals surface area contributed by atoms with Crippen LogP contribution in [0.5, 0.6) is 0 Å². The lowest BCUT2D eigenvalue weighted by Crippen LogP contribution is -2.00. The zero-order valence-electron chi connectivity index (χ0n) is 11.8. The number of pyridine rings is 1. The largest absolute Gasteiger partial charge is 0.380 e. The summed E-state index contributed by atoms with van der Waals surface area (Å²) >= 11 is 0. The number of nitrogens with one attached hydrogen (secondary N) is 3. The Morgan fingerprint density at radius 2 is 1.86 bits per heavy atom. The van der Waals surface area contributed by atoms with Crippen molar-refractivity contribution in [3.05, 3.63) is 70.8 Å². The summed E-state index contributed by atoms with van der Waals surface area (Å²) < 4.78 is 0. The topological polar surface area (TPSA) is 73.6 Å². The third-order valence-electron chi connectivity index (χ3n) is 3.71. The van der Waals surface area contributed by atoms with Gasteiger partial charge in [0.25, 0.3) is 0 Å². The van der Waals surface area contributed by atoms with Crippen molar-refractivity contribution in [3.8, 4) is 0 Å². The van der Waals surface area contributed by atoms with Gasteiger partial charge in [0.1, 0.15) is 0 Å². The molecule has 0 aliphatic heterocycles. The molecule has 2 aromatic carbocycles. The fraction of sp³-hybridized carbons (Fsp3) is 0.0588. The first-order valence-electron chi connectivity index (χ1n) is 7.08. The quantitative estimate of drug-likeness (QED) is 0.543. The van der Waals surface area contributed by atoms with Crippen molar-refractivity contribution in [1.29, 1.82) is 0 Å². The molecular formula is C17H14N4O. The van der Waals surface area contributed by atoms with Gasteiger partial charge in [-0.3, -0.25) is 4.98 Å². The Bertz CT molecular complexity index is 1010. The Morgan fingerprint density at radius 1 is 1.00 bits per heavy atom. The van der Waals surface area contributed by atoms with Gasteiger partial charge >= 0.3 is 5.69 Å². The number of H-pyrrole nitrogens is 2. The lowest BCUT2D eigenvalue weighted by molar-refractivity contribution is 1.15. The number of aromatic amines is 2. The van der Waals surface area contributed by atoms with Gasteiger partial charge in [0.2, 0.25) is 0 Å².